The average Bonchev–Trinajstić information content (AvgIpc) is 2.98. The van der Waals surface area contributed by atoms with Gasteiger partial charge in [-0.2, -0.15) is 0 Å². The van der Waals surface area contributed by atoms with Crippen LogP contribution >= 0.6 is 38.9 Å². The van der Waals surface area contributed by atoms with Crippen LogP contribution in [0.1, 0.15) is 37.5 Å². The van der Waals surface area contributed by atoms with Gasteiger partial charge >= 0.3 is 0 Å². The van der Waals surface area contributed by atoms with Gasteiger partial charge in [0, 0.05) is 28.5 Å². The Morgan fingerprint density at radius 3 is 3.00 bits per heavy atom. The number of nitrogens with one attached hydrogen (secondary N) is 1. The molecule has 0 aliphatic carbocycles. The highest BCUT2D eigenvalue weighted by Gasteiger charge is 2.18. The molecule has 1 aromatic rings. The largest absolute Gasteiger partial charge is 0.313 e. The van der Waals surface area contributed by atoms with Gasteiger partial charge in [0.25, 0.3) is 0 Å². The third-order valence-corrected chi connectivity index (χ3v) is 6.00. The Labute approximate surface area is 133 Å². The molecular formula is C14H22BrClN2S. The fourth-order valence-electron chi connectivity index (χ4n) is 2.53. The minimum Gasteiger partial charge on any atom is -0.313 e. The van der Waals surface area contributed by atoms with Crippen molar-refractivity contribution >= 4 is 38.9 Å². The second kappa shape index (κ2) is 7.99. The summed E-state index contributed by atoms with van der Waals surface area (Å²) in [5, 5.41) is 3.59. The Bertz CT molecular complexity index is 371. The third kappa shape index (κ3) is 5.01. The van der Waals surface area contributed by atoms with Gasteiger partial charge in [-0.25, -0.2) is 0 Å². The molecule has 19 heavy (non-hydrogen) atoms. The van der Waals surface area contributed by atoms with Crippen LogP contribution in [0.25, 0.3) is 0 Å². The SMILES string of the molecule is CCCCN(Cc1cc(Br)c(Cl)s1)CC1CCCN1. The van der Waals surface area contributed by atoms with E-state index in [1.54, 1.807) is 11.3 Å². The van der Waals surface area contributed by atoms with E-state index in [1.807, 2.05) is 0 Å². The molecule has 0 radical (unpaired) electrons. The summed E-state index contributed by atoms with van der Waals surface area (Å²) in [7, 11) is 0. The molecule has 1 atom stereocenters. The minimum atomic E-state index is 0.677. The van der Waals surface area contributed by atoms with Crippen molar-refractivity contribution in [2.75, 3.05) is 19.6 Å². The summed E-state index contributed by atoms with van der Waals surface area (Å²) in [4.78, 5) is 3.92. The van der Waals surface area contributed by atoms with Crippen LogP contribution in [0.2, 0.25) is 4.34 Å². The van der Waals surface area contributed by atoms with Gasteiger partial charge in [-0.3, -0.25) is 4.90 Å². The van der Waals surface area contributed by atoms with Crippen molar-refractivity contribution in [2.24, 2.45) is 0 Å². The highest BCUT2D eigenvalue weighted by molar-refractivity contribution is 9.10. The van der Waals surface area contributed by atoms with Crippen molar-refractivity contribution in [3.8, 4) is 0 Å². The molecule has 0 amide bonds. The molecule has 0 saturated carbocycles. The van der Waals surface area contributed by atoms with Crippen molar-refractivity contribution in [3.63, 3.8) is 0 Å². The van der Waals surface area contributed by atoms with Gasteiger partial charge in [-0.1, -0.05) is 24.9 Å². The molecule has 2 heterocycles. The average molecular weight is 366 g/mol. The molecule has 2 rings (SSSR count). The number of halogens is 2. The summed E-state index contributed by atoms with van der Waals surface area (Å²) in [5.74, 6) is 0. The molecule has 108 valence electrons. The number of thiophene rings is 1. The van der Waals surface area contributed by atoms with Gasteiger partial charge in [-0.15, -0.1) is 11.3 Å². The Hall–Kier alpha value is 0.390. The molecule has 1 N–H and O–H groups in total. The summed E-state index contributed by atoms with van der Waals surface area (Å²) in [6.45, 7) is 6.80. The molecule has 1 aliphatic rings. The van der Waals surface area contributed by atoms with Crippen LogP contribution in [-0.2, 0) is 6.54 Å². The van der Waals surface area contributed by atoms with Crippen LogP contribution < -0.4 is 5.32 Å². The van der Waals surface area contributed by atoms with E-state index in [9.17, 15) is 0 Å². The van der Waals surface area contributed by atoms with Gasteiger partial charge in [0.15, 0.2) is 0 Å². The number of rotatable bonds is 7. The highest BCUT2D eigenvalue weighted by Crippen LogP contribution is 2.32. The lowest BCUT2D eigenvalue weighted by molar-refractivity contribution is 0.239. The second-order valence-electron chi connectivity index (χ2n) is 5.22. The predicted molar refractivity (Wildman–Crippen MR) is 88.2 cm³/mol. The van der Waals surface area contributed by atoms with E-state index in [-0.39, 0.29) is 0 Å². The Kier molecular flexibility index (Phi) is 6.63. The van der Waals surface area contributed by atoms with Crippen molar-refractivity contribution in [3.05, 3.63) is 19.8 Å². The zero-order valence-corrected chi connectivity index (χ0v) is 14.6. The summed E-state index contributed by atoms with van der Waals surface area (Å²) >= 11 is 11.3. The number of hydrogen-bond donors (Lipinski definition) is 1. The molecule has 0 bridgehead atoms. The van der Waals surface area contributed by atoms with Crippen LogP contribution in [0, 0.1) is 0 Å². The van der Waals surface area contributed by atoms with Crippen molar-refractivity contribution < 1.29 is 0 Å². The fraction of sp³-hybridized carbons (Fsp3) is 0.714. The first-order valence-corrected chi connectivity index (χ1v) is 9.07. The maximum Gasteiger partial charge on any atom is 0.107 e. The second-order valence-corrected chi connectivity index (χ2v) is 7.81. The molecular weight excluding hydrogens is 344 g/mol. The first kappa shape index (κ1) is 15.8. The summed E-state index contributed by atoms with van der Waals surface area (Å²) in [6.07, 6.45) is 5.16. The lowest BCUT2D eigenvalue weighted by Crippen LogP contribution is -2.37. The zero-order chi connectivity index (χ0) is 13.7. The van der Waals surface area contributed by atoms with E-state index >= 15 is 0 Å². The Morgan fingerprint density at radius 1 is 1.58 bits per heavy atom. The van der Waals surface area contributed by atoms with Crippen molar-refractivity contribution in [1.29, 1.82) is 0 Å². The van der Waals surface area contributed by atoms with Crippen molar-refractivity contribution in [2.45, 2.75) is 45.2 Å². The summed E-state index contributed by atoms with van der Waals surface area (Å²) in [5.41, 5.74) is 0. The smallest absolute Gasteiger partial charge is 0.107 e. The molecule has 1 fully saturated rings. The molecule has 5 heteroatoms. The lowest BCUT2D eigenvalue weighted by atomic mass is 10.2. The van der Waals surface area contributed by atoms with Gasteiger partial charge in [0.05, 0.1) is 0 Å². The van der Waals surface area contributed by atoms with E-state index in [0.29, 0.717) is 6.04 Å². The molecule has 0 spiro atoms. The zero-order valence-electron chi connectivity index (χ0n) is 11.4. The first-order chi connectivity index (χ1) is 9.19. The van der Waals surface area contributed by atoms with Gasteiger partial charge in [-0.05, 0) is 54.3 Å². The fourth-order valence-corrected chi connectivity index (χ4v) is 4.36. The molecule has 1 aromatic heterocycles. The number of hydrogen-bond acceptors (Lipinski definition) is 3. The van der Waals surface area contributed by atoms with Crippen molar-refractivity contribution in [1.82, 2.24) is 10.2 Å². The van der Waals surface area contributed by atoms with Crippen LogP contribution in [-0.4, -0.2) is 30.6 Å². The maximum absolute atomic E-state index is 6.13. The first-order valence-electron chi connectivity index (χ1n) is 7.08. The van der Waals surface area contributed by atoms with Gasteiger partial charge in [0.2, 0.25) is 0 Å². The van der Waals surface area contributed by atoms with E-state index in [4.69, 9.17) is 11.6 Å². The van der Waals surface area contributed by atoms with Crippen LogP contribution in [0.3, 0.4) is 0 Å². The third-order valence-electron chi connectivity index (χ3n) is 3.54. The molecule has 1 saturated heterocycles. The molecule has 2 nitrogen and oxygen atoms in total. The van der Waals surface area contributed by atoms with E-state index in [0.717, 1.165) is 21.9 Å². The quantitative estimate of drug-likeness (QED) is 0.764. The predicted octanol–water partition coefficient (Wildman–Crippen LogP) is 4.52. The molecule has 1 unspecified atom stereocenters. The van der Waals surface area contributed by atoms with Crippen LogP contribution in [0.4, 0.5) is 0 Å². The van der Waals surface area contributed by atoms with Crippen LogP contribution in [0.5, 0.6) is 0 Å². The minimum absolute atomic E-state index is 0.677. The number of unbranched alkanes of at least 4 members (excludes halogenated alkanes) is 1. The summed E-state index contributed by atoms with van der Waals surface area (Å²) in [6, 6.07) is 2.84. The molecule has 0 aromatic carbocycles. The monoisotopic (exact) mass is 364 g/mol. The maximum atomic E-state index is 6.13. The topological polar surface area (TPSA) is 15.3 Å². The number of nitrogens with zero attached hydrogens (tertiary/aromatic N) is 1. The Balaban J connectivity index is 1.91. The van der Waals surface area contributed by atoms with E-state index < -0.39 is 0 Å². The normalized spacial score (nSPS) is 19.5. The Morgan fingerprint density at radius 2 is 2.42 bits per heavy atom. The van der Waals surface area contributed by atoms with E-state index in [1.165, 1.54) is 43.6 Å². The highest BCUT2D eigenvalue weighted by atomic mass is 79.9. The van der Waals surface area contributed by atoms with E-state index in [2.05, 4.69) is 39.1 Å². The molecule has 1 aliphatic heterocycles. The van der Waals surface area contributed by atoms with Gasteiger partial charge < -0.3 is 5.32 Å². The summed E-state index contributed by atoms with van der Waals surface area (Å²) < 4.78 is 1.90. The standard InChI is InChI=1S/C14H22BrClN2S/c1-2-3-7-18(9-11-5-4-6-17-11)10-12-8-13(15)14(16)19-12/h8,11,17H,2-7,9-10H2,1H3. The lowest BCUT2D eigenvalue weighted by Gasteiger charge is -2.25. The van der Waals surface area contributed by atoms with Crippen LogP contribution in [0.15, 0.2) is 10.5 Å². The van der Waals surface area contributed by atoms with Gasteiger partial charge in [0.1, 0.15) is 4.34 Å².